The molecule has 0 unspecified atom stereocenters. The molecular formula is C13H11Cl2N3O. The number of hydrogen-bond donors (Lipinski definition) is 0. The molecule has 0 N–H and O–H groups in total. The van der Waals surface area contributed by atoms with E-state index in [1.54, 1.807) is 31.4 Å². The molecule has 0 bridgehead atoms. The largest absolute Gasteiger partial charge is 0.308 e. The van der Waals surface area contributed by atoms with Crippen molar-refractivity contribution >= 4 is 34.8 Å². The summed E-state index contributed by atoms with van der Waals surface area (Å²) in [5, 5.41) is 0.438. The van der Waals surface area contributed by atoms with Crippen LogP contribution >= 0.6 is 23.2 Å². The van der Waals surface area contributed by atoms with Crippen LogP contribution in [-0.4, -0.2) is 22.9 Å². The topological polar surface area (TPSA) is 46.1 Å². The highest BCUT2D eigenvalue weighted by molar-refractivity contribution is 6.35. The van der Waals surface area contributed by atoms with E-state index in [4.69, 9.17) is 23.2 Å². The van der Waals surface area contributed by atoms with E-state index in [1.165, 1.54) is 11.1 Å². The second-order valence-corrected chi connectivity index (χ2v) is 4.69. The smallest absolute Gasteiger partial charge is 0.261 e. The van der Waals surface area contributed by atoms with E-state index >= 15 is 0 Å². The van der Waals surface area contributed by atoms with Crippen LogP contribution in [0.4, 0.5) is 5.69 Å². The van der Waals surface area contributed by atoms with Gasteiger partial charge in [-0.1, -0.05) is 23.2 Å². The standard InChI is InChI=1S/C13H11Cl2N3O/c1-8-5-7-17-12(15)10(8)18(2)13(19)9-4-3-6-16-11(9)14/h3-7H,1-2H3. The second-order valence-electron chi connectivity index (χ2n) is 3.97. The highest BCUT2D eigenvalue weighted by Crippen LogP contribution is 2.28. The summed E-state index contributed by atoms with van der Waals surface area (Å²) in [6.07, 6.45) is 3.12. The van der Waals surface area contributed by atoms with E-state index < -0.39 is 0 Å². The summed E-state index contributed by atoms with van der Waals surface area (Å²) in [6.45, 7) is 1.86. The van der Waals surface area contributed by atoms with Gasteiger partial charge in [-0.05, 0) is 30.7 Å². The summed E-state index contributed by atoms with van der Waals surface area (Å²) < 4.78 is 0. The number of hydrogen-bond acceptors (Lipinski definition) is 3. The van der Waals surface area contributed by atoms with Gasteiger partial charge in [0.15, 0.2) is 5.15 Å². The van der Waals surface area contributed by atoms with Gasteiger partial charge in [-0.25, -0.2) is 9.97 Å². The molecule has 2 heterocycles. The van der Waals surface area contributed by atoms with Crippen molar-refractivity contribution in [3.8, 4) is 0 Å². The third-order valence-corrected chi connectivity index (χ3v) is 3.29. The molecule has 2 aromatic rings. The van der Waals surface area contributed by atoms with Crippen molar-refractivity contribution in [2.75, 3.05) is 11.9 Å². The molecule has 2 aromatic heterocycles. The summed E-state index contributed by atoms with van der Waals surface area (Å²) in [4.78, 5) is 21.7. The SMILES string of the molecule is Cc1ccnc(Cl)c1N(C)C(=O)c1cccnc1Cl. The molecule has 0 spiro atoms. The lowest BCUT2D eigenvalue weighted by Gasteiger charge is -2.20. The molecule has 0 fully saturated rings. The first-order valence-electron chi connectivity index (χ1n) is 5.52. The maximum atomic E-state index is 12.4. The predicted octanol–water partition coefficient (Wildman–Crippen LogP) is 3.37. The third-order valence-electron chi connectivity index (χ3n) is 2.71. The van der Waals surface area contributed by atoms with Gasteiger partial charge in [-0.15, -0.1) is 0 Å². The summed E-state index contributed by atoms with van der Waals surface area (Å²) in [7, 11) is 1.63. The Morgan fingerprint density at radius 1 is 1.16 bits per heavy atom. The molecule has 1 amide bonds. The Kier molecular flexibility index (Phi) is 4.02. The van der Waals surface area contributed by atoms with Crippen LogP contribution in [0.15, 0.2) is 30.6 Å². The molecule has 0 aliphatic rings. The fourth-order valence-corrected chi connectivity index (χ4v) is 2.28. The number of anilines is 1. The number of carbonyl (C=O) groups is 1. The monoisotopic (exact) mass is 295 g/mol. The van der Waals surface area contributed by atoms with Gasteiger partial charge in [0, 0.05) is 19.4 Å². The van der Waals surface area contributed by atoms with Crippen LogP contribution in [0.5, 0.6) is 0 Å². The lowest BCUT2D eigenvalue weighted by atomic mass is 10.2. The second kappa shape index (κ2) is 5.55. The third kappa shape index (κ3) is 2.69. The molecule has 19 heavy (non-hydrogen) atoms. The van der Waals surface area contributed by atoms with Gasteiger partial charge >= 0.3 is 0 Å². The number of aromatic nitrogens is 2. The molecule has 0 aliphatic heterocycles. The Morgan fingerprint density at radius 3 is 2.47 bits per heavy atom. The van der Waals surface area contributed by atoms with Crippen molar-refractivity contribution in [3.05, 3.63) is 52.0 Å². The fraction of sp³-hybridized carbons (Fsp3) is 0.154. The zero-order valence-electron chi connectivity index (χ0n) is 10.4. The van der Waals surface area contributed by atoms with Crippen molar-refractivity contribution in [2.24, 2.45) is 0 Å². The summed E-state index contributed by atoms with van der Waals surface area (Å²) in [5.74, 6) is -0.281. The van der Waals surface area contributed by atoms with E-state index in [0.717, 1.165) is 5.56 Å². The number of rotatable bonds is 2. The number of aryl methyl sites for hydroxylation is 1. The van der Waals surface area contributed by atoms with E-state index in [2.05, 4.69) is 9.97 Å². The van der Waals surface area contributed by atoms with Crippen LogP contribution in [0.2, 0.25) is 10.3 Å². The Labute approximate surface area is 121 Å². The van der Waals surface area contributed by atoms with Crippen LogP contribution in [-0.2, 0) is 0 Å². The summed E-state index contributed by atoms with van der Waals surface area (Å²) in [6, 6.07) is 5.06. The van der Waals surface area contributed by atoms with Gasteiger partial charge < -0.3 is 4.90 Å². The zero-order valence-corrected chi connectivity index (χ0v) is 11.9. The van der Waals surface area contributed by atoms with E-state index in [9.17, 15) is 4.79 Å². The quantitative estimate of drug-likeness (QED) is 0.798. The molecule has 0 radical (unpaired) electrons. The molecule has 98 valence electrons. The minimum absolute atomic E-state index is 0.164. The average Bonchev–Trinajstić information content (AvgIpc) is 2.38. The molecular weight excluding hydrogens is 285 g/mol. The first-order chi connectivity index (χ1) is 9.02. The molecule has 6 heteroatoms. The zero-order chi connectivity index (χ0) is 14.0. The van der Waals surface area contributed by atoms with Crippen molar-refractivity contribution in [2.45, 2.75) is 6.92 Å². The average molecular weight is 296 g/mol. The Bertz CT molecular complexity index is 611. The minimum atomic E-state index is -0.281. The Hall–Kier alpha value is -1.65. The lowest BCUT2D eigenvalue weighted by Crippen LogP contribution is -2.27. The predicted molar refractivity (Wildman–Crippen MR) is 76.0 cm³/mol. The van der Waals surface area contributed by atoms with Crippen molar-refractivity contribution in [1.29, 1.82) is 0 Å². The van der Waals surface area contributed by atoms with Crippen molar-refractivity contribution < 1.29 is 4.79 Å². The van der Waals surface area contributed by atoms with Gasteiger partial charge in [0.2, 0.25) is 0 Å². The van der Waals surface area contributed by atoms with Gasteiger partial charge in [-0.2, -0.15) is 0 Å². The molecule has 4 nitrogen and oxygen atoms in total. The first kappa shape index (κ1) is 13.8. The van der Waals surface area contributed by atoms with Crippen LogP contribution in [0.25, 0.3) is 0 Å². The number of carbonyl (C=O) groups excluding carboxylic acids is 1. The van der Waals surface area contributed by atoms with E-state index in [1.807, 2.05) is 6.92 Å². The minimum Gasteiger partial charge on any atom is -0.308 e. The number of pyridine rings is 2. The van der Waals surface area contributed by atoms with Crippen molar-refractivity contribution in [1.82, 2.24) is 9.97 Å². The van der Waals surface area contributed by atoms with Crippen molar-refractivity contribution in [3.63, 3.8) is 0 Å². The summed E-state index contributed by atoms with van der Waals surface area (Å²) >= 11 is 12.0. The molecule has 0 saturated carbocycles. The molecule has 0 aliphatic carbocycles. The number of nitrogens with zero attached hydrogens (tertiary/aromatic N) is 3. The van der Waals surface area contributed by atoms with Gasteiger partial charge in [0.1, 0.15) is 5.15 Å². The molecule has 0 atom stereocenters. The van der Waals surface area contributed by atoms with Crippen LogP contribution in [0.3, 0.4) is 0 Å². The normalized spacial score (nSPS) is 10.3. The maximum Gasteiger partial charge on any atom is 0.261 e. The number of amides is 1. The molecule has 2 rings (SSSR count). The van der Waals surface area contributed by atoms with Crippen LogP contribution in [0, 0.1) is 6.92 Å². The van der Waals surface area contributed by atoms with E-state index in [-0.39, 0.29) is 16.2 Å². The maximum absolute atomic E-state index is 12.4. The Balaban J connectivity index is 2.43. The molecule has 0 saturated heterocycles. The highest BCUT2D eigenvalue weighted by atomic mass is 35.5. The van der Waals surface area contributed by atoms with Gasteiger partial charge in [-0.3, -0.25) is 4.79 Å². The van der Waals surface area contributed by atoms with E-state index in [0.29, 0.717) is 11.3 Å². The Morgan fingerprint density at radius 2 is 1.84 bits per heavy atom. The molecule has 0 aromatic carbocycles. The van der Waals surface area contributed by atoms with Gasteiger partial charge in [0.25, 0.3) is 5.91 Å². The highest BCUT2D eigenvalue weighted by Gasteiger charge is 2.20. The van der Waals surface area contributed by atoms with Gasteiger partial charge in [0.05, 0.1) is 11.3 Å². The number of halogens is 2. The summed E-state index contributed by atoms with van der Waals surface area (Å²) in [5.41, 5.74) is 1.75. The lowest BCUT2D eigenvalue weighted by molar-refractivity contribution is 0.0992. The van der Waals surface area contributed by atoms with Crippen LogP contribution in [0.1, 0.15) is 15.9 Å². The van der Waals surface area contributed by atoms with Crippen LogP contribution < -0.4 is 4.90 Å². The first-order valence-corrected chi connectivity index (χ1v) is 6.27. The fourth-order valence-electron chi connectivity index (χ4n) is 1.75.